The molecule has 2 aromatic carbocycles. The number of benzene rings is 2. The van der Waals surface area contributed by atoms with E-state index < -0.39 is 0 Å². The molecule has 6 aliphatic rings. The van der Waals surface area contributed by atoms with Gasteiger partial charge in [-0.1, -0.05) is 35.3 Å². The summed E-state index contributed by atoms with van der Waals surface area (Å²) in [5.41, 5.74) is 7.40. The first kappa shape index (κ1) is 37.5. The fourth-order valence-electron chi connectivity index (χ4n) is 8.33. The molecule has 0 spiro atoms. The normalized spacial score (nSPS) is 27.6. The molecular weight excluding hydrogens is 705 g/mol. The number of ether oxygens (including phenoxy) is 1. The lowest BCUT2D eigenvalue weighted by atomic mass is 9.65. The van der Waals surface area contributed by atoms with Crippen molar-refractivity contribution in [2.45, 2.75) is 76.9 Å². The molecule has 6 saturated heterocycles. The molecule has 0 saturated carbocycles. The standard InChI is InChI=1S/C19H22ClNOS.C9H5ClO2S.C9H18N2.ClH/c1-19(2)15(12-5-7-21(19)8-6-12)11-16(22)13-3-4-14-10-18(20)23-17(14)9-13;10-9-3-6-1-2-7(12-5-11)4-8(6)13-9;1-9(2)8(10)7-3-5-11(9)6-4-7;/h3-4,9-10,12,15H,5-8,11H2,1-2H3;1-5H;7-8H,3-6,10H2,1-2H3;1H/t15-;;8-;/m1.1./s1. The van der Waals surface area contributed by atoms with Crippen molar-refractivity contribution in [3.8, 4) is 5.75 Å². The molecule has 0 amide bonds. The highest BCUT2D eigenvalue weighted by molar-refractivity contribution is 7.23. The quantitative estimate of drug-likeness (QED) is 0.162. The maximum absolute atomic E-state index is 12.9. The van der Waals surface area contributed by atoms with Gasteiger partial charge < -0.3 is 10.5 Å². The summed E-state index contributed by atoms with van der Waals surface area (Å²) in [5.74, 6) is 2.80. The second-order valence-corrected chi connectivity index (χ2v) is 17.9. The van der Waals surface area contributed by atoms with Gasteiger partial charge in [0.2, 0.25) is 0 Å². The number of rotatable bonds is 5. The largest absolute Gasteiger partial charge is 0.429 e. The Labute approximate surface area is 308 Å². The van der Waals surface area contributed by atoms with Crippen LogP contribution in [0.4, 0.5) is 0 Å². The van der Waals surface area contributed by atoms with Gasteiger partial charge in [0.25, 0.3) is 6.47 Å². The Morgan fingerprint density at radius 1 is 0.833 bits per heavy atom. The number of ketones is 1. The van der Waals surface area contributed by atoms with E-state index in [1.54, 1.807) is 23.5 Å². The van der Waals surface area contributed by atoms with E-state index in [4.69, 9.17) is 33.7 Å². The summed E-state index contributed by atoms with van der Waals surface area (Å²) in [5, 5.41) is 2.19. The van der Waals surface area contributed by atoms with Crippen molar-refractivity contribution < 1.29 is 14.3 Å². The van der Waals surface area contributed by atoms with Gasteiger partial charge in [0.1, 0.15) is 5.75 Å². The summed E-state index contributed by atoms with van der Waals surface area (Å²) in [6.07, 6.45) is 5.82. The van der Waals surface area contributed by atoms with Gasteiger partial charge in [0, 0.05) is 38.5 Å². The van der Waals surface area contributed by atoms with Gasteiger partial charge in [-0.25, -0.2) is 0 Å². The van der Waals surface area contributed by atoms with Crippen LogP contribution in [0.25, 0.3) is 20.2 Å². The zero-order valence-corrected chi connectivity index (χ0v) is 32.0. The molecule has 48 heavy (non-hydrogen) atoms. The third-order valence-corrected chi connectivity index (χ3v) is 13.8. The Morgan fingerprint density at radius 2 is 1.35 bits per heavy atom. The summed E-state index contributed by atoms with van der Waals surface area (Å²) < 4.78 is 8.34. The molecule has 4 bridgehead atoms. The molecule has 11 heteroatoms. The zero-order chi connectivity index (χ0) is 33.5. The van der Waals surface area contributed by atoms with Gasteiger partial charge in [-0.05, 0) is 144 Å². The molecule has 4 aromatic rings. The topological polar surface area (TPSA) is 75.9 Å². The number of nitrogens with zero attached hydrogens (tertiary/aromatic N) is 2. The minimum absolute atomic E-state index is 0. The van der Waals surface area contributed by atoms with Gasteiger partial charge in [-0.3, -0.25) is 19.4 Å². The third kappa shape index (κ3) is 7.76. The molecule has 10 rings (SSSR count). The van der Waals surface area contributed by atoms with E-state index in [1.807, 2.05) is 36.4 Å². The Bertz CT molecular complexity index is 1740. The van der Waals surface area contributed by atoms with E-state index >= 15 is 0 Å². The number of Topliss-reactive ketones (excluding diaryl/α,β-unsaturated/α-hetero) is 1. The van der Waals surface area contributed by atoms with Crippen molar-refractivity contribution in [2.75, 3.05) is 26.2 Å². The second-order valence-electron chi connectivity index (χ2n) is 14.5. The predicted octanol–water partition coefficient (Wildman–Crippen LogP) is 9.58. The summed E-state index contributed by atoms with van der Waals surface area (Å²) in [4.78, 5) is 28.1. The number of nitrogens with two attached hydrogens (primary N) is 1. The van der Waals surface area contributed by atoms with Crippen LogP contribution in [0, 0.1) is 17.8 Å². The van der Waals surface area contributed by atoms with Crippen molar-refractivity contribution in [1.29, 1.82) is 0 Å². The van der Waals surface area contributed by atoms with Gasteiger partial charge >= 0.3 is 0 Å². The predicted molar refractivity (Wildman–Crippen MR) is 205 cm³/mol. The maximum atomic E-state index is 12.9. The molecule has 2 atom stereocenters. The Balaban J connectivity index is 0.000000153. The number of hydrogen-bond donors (Lipinski definition) is 1. The Morgan fingerprint density at radius 3 is 1.85 bits per heavy atom. The Kier molecular flexibility index (Phi) is 11.9. The van der Waals surface area contributed by atoms with Crippen LogP contribution in [0.5, 0.6) is 5.75 Å². The van der Waals surface area contributed by atoms with Crippen LogP contribution >= 0.6 is 58.3 Å². The van der Waals surface area contributed by atoms with Crippen LogP contribution in [0.2, 0.25) is 8.67 Å². The van der Waals surface area contributed by atoms with Crippen molar-refractivity contribution in [1.82, 2.24) is 9.80 Å². The molecule has 0 radical (unpaired) electrons. The monoisotopic (exact) mass is 749 g/mol. The molecule has 8 heterocycles. The number of thiophene rings is 2. The number of fused-ring (bicyclic) bond motifs is 8. The molecule has 6 fully saturated rings. The SMILES string of the molecule is CC1(C)[C@H](CC(=O)c2ccc3cc(Cl)sc3c2)C2CCN1CC2.CC1(C)[C@H](N)C2CCN1CC2.Cl.O=COc1ccc2cc(Cl)sc2c1. The van der Waals surface area contributed by atoms with Gasteiger partial charge in [0.05, 0.1) is 8.67 Å². The van der Waals surface area contributed by atoms with Crippen LogP contribution in [0.15, 0.2) is 48.5 Å². The molecular formula is C37H46Cl3N3O3S2. The van der Waals surface area contributed by atoms with Gasteiger partial charge in [-0.15, -0.1) is 35.1 Å². The van der Waals surface area contributed by atoms with E-state index in [9.17, 15) is 9.59 Å². The second kappa shape index (κ2) is 15.2. The molecule has 0 aliphatic carbocycles. The number of halogens is 3. The molecule has 6 aliphatic heterocycles. The molecule has 2 aromatic heterocycles. The van der Waals surface area contributed by atoms with Gasteiger partial charge in [-0.2, -0.15) is 0 Å². The minimum Gasteiger partial charge on any atom is -0.429 e. The van der Waals surface area contributed by atoms with E-state index in [1.165, 1.54) is 63.2 Å². The average molecular weight is 751 g/mol. The van der Waals surface area contributed by atoms with Crippen LogP contribution in [0.1, 0.15) is 70.2 Å². The van der Waals surface area contributed by atoms with Crippen molar-refractivity contribution in [3.63, 3.8) is 0 Å². The lowest BCUT2D eigenvalue weighted by molar-refractivity contribution is -0.120. The van der Waals surface area contributed by atoms with E-state index in [0.717, 1.165) is 40.3 Å². The number of piperidine rings is 6. The number of carbonyl (C=O) groups is 2. The van der Waals surface area contributed by atoms with Crippen molar-refractivity contribution in [3.05, 3.63) is 62.8 Å². The summed E-state index contributed by atoms with van der Waals surface area (Å²) in [6, 6.07) is 15.6. The van der Waals surface area contributed by atoms with Crippen molar-refractivity contribution in [2.24, 2.45) is 23.5 Å². The first-order valence-corrected chi connectivity index (χ1v) is 19.0. The zero-order valence-electron chi connectivity index (χ0n) is 28.0. The smallest absolute Gasteiger partial charge is 0.298 e. The lowest BCUT2D eigenvalue weighted by Gasteiger charge is -2.56. The van der Waals surface area contributed by atoms with Crippen molar-refractivity contribution >= 4 is 90.7 Å². The van der Waals surface area contributed by atoms with E-state index in [2.05, 4.69) is 37.5 Å². The fourth-order valence-corrected chi connectivity index (χ4v) is 10.7. The average Bonchev–Trinajstić information content (AvgIpc) is 3.62. The van der Waals surface area contributed by atoms with E-state index in [-0.39, 0.29) is 29.3 Å². The molecule has 0 unspecified atom stereocenters. The Hall–Kier alpha value is -1.75. The first-order valence-electron chi connectivity index (χ1n) is 16.6. The van der Waals surface area contributed by atoms with Gasteiger partial charge in [0.15, 0.2) is 5.78 Å². The summed E-state index contributed by atoms with van der Waals surface area (Å²) >= 11 is 14.9. The highest BCUT2D eigenvalue weighted by atomic mass is 35.5. The highest BCUT2D eigenvalue weighted by Crippen LogP contribution is 2.46. The number of carbonyl (C=O) groups excluding carboxylic acids is 2. The molecule has 2 N–H and O–H groups in total. The van der Waals surface area contributed by atoms with Crippen LogP contribution < -0.4 is 10.5 Å². The third-order valence-electron chi connectivity index (χ3n) is 11.4. The summed E-state index contributed by atoms with van der Waals surface area (Å²) in [7, 11) is 0. The first-order chi connectivity index (χ1) is 22.4. The maximum Gasteiger partial charge on any atom is 0.298 e. The van der Waals surface area contributed by atoms with Crippen LogP contribution in [-0.4, -0.2) is 65.4 Å². The fraction of sp³-hybridized carbons (Fsp3) is 0.514. The lowest BCUT2D eigenvalue weighted by Crippen LogP contribution is -2.67. The van der Waals surface area contributed by atoms with Crippen LogP contribution in [-0.2, 0) is 4.79 Å². The summed E-state index contributed by atoms with van der Waals surface area (Å²) in [6.45, 7) is 14.5. The number of hydrogen-bond acceptors (Lipinski definition) is 8. The molecule has 260 valence electrons. The van der Waals surface area contributed by atoms with E-state index in [0.29, 0.717) is 36.5 Å². The minimum atomic E-state index is 0. The molecule has 6 nitrogen and oxygen atoms in total. The van der Waals surface area contributed by atoms with Crippen LogP contribution in [0.3, 0.4) is 0 Å². The highest BCUT2D eigenvalue weighted by Gasteiger charge is 2.48.